The smallest absolute Gasteiger partial charge is 0.380 e. The zero-order valence-electron chi connectivity index (χ0n) is 11.9. The van der Waals surface area contributed by atoms with Crippen LogP contribution in [0.1, 0.15) is 46.0 Å². The quantitative estimate of drug-likeness (QED) is 0.717. The summed E-state index contributed by atoms with van der Waals surface area (Å²) in [6, 6.07) is 0.200. The number of hydrogen-bond donors (Lipinski definition) is 1. The van der Waals surface area contributed by atoms with Gasteiger partial charge in [0.15, 0.2) is 0 Å². The summed E-state index contributed by atoms with van der Waals surface area (Å²) in [5.41, 5.74) is 0. The van der Waals surface area contributed by atoms with Crippen molar-refractivity contribution in [1.82, 2.24) is 5.32 Å². The molecule has 0 aromatic rings. The molecule has 1 rings (SSSR count). The largest absolute Gasteiger partial charge is 0.391 e. The minimum atomic E-state index is -4.02. The molecule has 19 heavy (non-hydrogen) atoms. The summed E-state index contributed by atoms with van der Waals surface area (Å²) in [5, 5.41) is 3.36. The summed E-state index contributed by atoms with van der Waals surface area (Å²) >= 11 is 0. The first-order chi connectivity index (χ1) is 8.99. The Labute approximate surface area is 114 Å². The van der Waals surface area contributed by atoms with E-state index in [1.54, 1.807) is 0 Å². The highest BCUT2D eigenvalue weighted by atomic mass is 19.4. The highest BCUT2D eigenvalue weighted by Crippen LogP contribution is 2.40. The fourth-order valence-electron chi connectivity index (χ4n) is 2.83. The van der Waals surface area contributed by atoms with Crippen molar-refractivity contribution in [2.75, 3.05) is 19.8 Å². The lowest BCUT2D eigenvalue weighted by atomic mass is 9.78. The molecule has 1 unspecified atom stereocenters. The molecule has 2 nitrogen and oxygen atoms in total. The Bertz CT molecular complexity index is 237. The van der Waals surface area contributed by atoms with Crippen molar-refractivity contribution in [2.45, 2.75) is 58.2 Å². The second-order valence-corrected chi connectivity index (χ2v) is 5.39. The first-order valence-electron chi connectivity index (χ1n) is 7.36. The summed E-state index contributed by atoms with van der Waals surface area (Å²) in [5.74, 6) is -0.780. The second kappa shape index (κ2) is 8.10. The van der Waals surface area contributed by atoms with E-state index in [0.29, 0.717) is 25.4 Å². The van der Waals surface area contributed by atoms with E-state index in [-0.39, 0.29) is 18.9 Å². The Balaban J connectivity index is 2.40. The molecule has 5 heteroatoms. The van der Waals surface area contributed by atoms with E-state index in [2.05, 4.69) is 12.2 Å². The molecule has 0 aliphatic heterocycles. The minimum Gasteiger partial charge on any atom is -0.380 e. The molecule has 1 aliphatic rings. The van der Waals surface area contributed by atoms with Gasteiger partial charge in [-0.05, 0) is 44.6 Å². The Kier molecular flexibility index (Phi) is 7.15. The highest BCUT2D eigenvalue weighted by molar-refractivity contribution is 4.84. The molecule has 0 saturated heterocycles. The second-order valence-electron chi connectivity index (χ2n) is 5.39. The molecule has 0 aromatic heterocycles. The van der Waals surface area contributed by atoms with E-state index >= 15 is 0 Å². The van der Waals surface area contributed by atoms with Crippen molar-refractivity contribution in [1.29, 1.82) is 0 Å². The molecule has 0 bridgehead atoms. The molecule has 114 valence electrons. The monoisotopic (exact) mass is 281 g/mol. The number of ether oxygens (including phenoxy) is 1. The van der Waals surface area contributed by atoms with Gasteiger partial charge in [-0.1, -0.05) is 13.8 Å². The zero-order valence-corrected chi connectivity index (χ0v) is 11.9. The van der Waals surface area contributed by atoms with E-state index in [9.17, 15) is 13.2 Å². The summed E-state index contributed by atoms with van der Waals surface area (Å²) in [7, 11) is 0. The van der Waals surface area contributed by atoms with Gasteiger partial charge in [-0.2, -0.15) is 13.2 Å². The molecule has 1 atom stereocenters. The van der Waals surface area contributed by atoms with Crippen molar-refractivity contribution in [3.8, 4) is 0 Å². The van der Waals surface area contributed by atoms with Crippen LogP contribution in [0.2, 0.25) is 0 Å². The minimum absolute atomic E-state index is 0.200. The van der Waals surface area contributed by atoms with Gasteiger partial charge in [0.05, 0.1) is 12.5 Å². The average Bonchev–Trinajstić information content (AvgIpc) is 2.37. The summed E-state index contributed by atoms with van der Waals surface area (Å²) in [6.07, 6.45) is -1.21. The van der Waals surface area contributed by atoms with Crippen LogP contribution in [-0.4, -0.2) is 32.0 Å². The predicted molar refractivity (Wildman–Crippen MR) is 70.1 cm³/mol. The van der Waals surface area contributed by atoms with Crippen molar-refractivity contribution in [2.24, 2.45) is 11.8 Å². The molecule has 0 heterocycles. The lowest BCUT2D eigenvalue weighted by molar-refractivity contribution is -0.184. The van der Waals surface area contributed by atoms with Gasteiger partial charge in [0.25, 0.3) is 0 Å². The Morgan fingerprint density at radius 1 is 1.16 bits per heavy atom. The van der Waals surface area contributed by atoms with Gasteiger partial charge >= 0.3 is 6.18 Å². The van der Waals surface area contributed by atoms with Crippen LogP contribution in [0.3, 0.4) is 0 Å². The normalized spacial score (nSPS) is 26.4. The van der Waals surface area contributed by atoms with Gasteiger partial charge in [0.1, 0.15) is 0 Å². The van der Waals surface area contributed by atoms with E-state index in [1.165, 1.54) is 0 Å². The first kappa shape index (κ1) is 16.8. The van der Waals surface area contributed by atoms with Crippen molar-refractivity contribution < 1.29 is 17.9 Å². The van der Waals surface area contributed by atoms with Crippen LogP contribution in [-0.2, 0) is 4.74 Å². The molecule has 1 N–H and O–H groups in total. The maximum Gasteiger partial charge on any atom is 0.391 e. The third kappa shape index (κ3) is 5.69. The van der Waals surface area contributed by atoms with E-state index < -0.39 is 12.1 Å². The van der Waals surface area contributed by atoms with E-state index in [1.807, 2.05) is 6.92 Å². The predicted octanol–water partition coefficient (Wildman–Crippen LogP) is 3.76. The number of rotatable bonds is 7. The number of hydrogen-bond acceptors (Lipinski definition) is 2. The van der Waals surface area contributed by atoms with Gasteiger partial charge in [-0.25, -0.2) is 0 Å². The van der Waals surface area contributed by atoms with E-state index in [4.69, 9.17) is 4.74 Å². The van der Waals surface area contributed by atoms with Crippen LogP contribution in [0.25, 0.3) is 0 Å². The highest BCUT2D eigenvalue weighted by Gasteiger charge is 2.42. The van der Waals surface area contributed by atoms with Gasteiger partial charge in [0, 0.05) is 12.6 Å². The molecule has 1 aliphatic carbocycles. The van der Waals surface area contributed by atoms with Crippen LogP contribution < -0.4 is 5.32 Å². The fourth-order valence-corrected chi connectivity index (χ4v) is 2.83. The standard InChI is InChI=1S/C14H26F3NO/c1-3-9-19-10-13(18-4-2)11-5-7-12(8-6-11)14(15,16)17/h11-13,18H,3-10H2,1-2H3. The third-order valence-electron chi connectivity index (χ3n) is 3.92. The average molecular weight is 281 g/mol. The number of halogens is 3. The van der Waals surface area contributed by atoms with Gasteiger partial charge in [-0.15, -0.1) is 0 Å². The Hall–Kier alpha value is -0.290. The maximum absolute atomic E-state index is 12.6. The van der Waals surface area contributed by atoms with Crippen molar-refractivity contribution in [3.05, 3.63) is 0 Å². The molecular formula is C14H26F3NO. The van der Waals surface area contributed by atoms with Crippen LogP contribution >= 0.6 is 0 Å². The molecule has 1 saturated carbocycles. The van der Waals surface area contributed by atoms with Gasteiger partial charge in [0.2, 0.25) is 0 Å². The van der Waals surface area contributed by atoms with Crippen molar-refractivity contribution >= 4 is 0 Å². The number of alkyl halides is 3. The molecule has 0 amide bonds. The molecule has 0 aromatic carbocycles. The Morgan fingerprint density at radius 2 is 1.79 bits per heavy atom. The summed E-state index contributed by atoms with van der Waals surface area (Å²) < 4.78 is 43.4. The van der Waals surface area contributed by atoms with Crippen LogP contribution in [0.15, 0.2) is 0 Å². The van der Waals surface area contributed by atoms with Crippen LogP contribution in [0, 0.1) is 11.8 Å². The zero-order chi connectivity index (χ0) is 14.3. The fraction of sp³-hybridized carbons (Fsp3) is 1.00. The summed E-state index contributed by atoms with van der Waals surface area (Å²) in [6.45, 7) is 6.24. The van der Waals surface area contributed by atoms with Crippen LogP contribution in [0.4, 0.5) is 13.2 Å². The lowest BCUT2D eigenvalue weighted by Gasteiger charge is -2.34. The number of nitrogens with one attached hydrogen (secondary N) is 1. The van der Waals surface area contributed by atoms with Crippen molar-refractivity contribution in [3.63, 3.8) is 0 Å². The lowest BCUT2D eigenvalue weighted by Crippen LogP contribution is -2.42. The van der Waals surface area contributed by atoms with Gasteiger partial charge in [-0.3, -0.25) is 0 Å². The molecule has 0 radical (unpaired) electrons. The van der Waals surface area contributed by atoms with Gasteiger partial charge < -0.3 is 10.1 Å². The molecular weight excluding hydrogens is 255 g/mol. The van der Waals surface area contributed by atoms with Crippen LogP contribution in [0.5, 0.6) is 0 Å². The SMILES string of the molecule is CCCOCC(NCC)C1CCC(C(F)(F)F)CC1. The summed E-state index contributed by atoms with van der Waals surface area (Å²) in [4.78, 5) is 0. The maximum atomic E-state index is 12.6. The third-order valence-corrected chi connectivity index (χ3v) is 3.92. The number of likely N-dealkylation sites (N-methyl/N-ethyl adjacent to an activating group) is 1. The Morgan fingerprint density at radius 3 is 2.26 bits per heavy atom. The van der Waals surface area contributed by atoms with E-state index in [0.717, 1.165) is 19.6 Å². The topological polar surface area (TPSA) is 21.3 Å². The molecule has 1 fully saturated rings. The molecule has 0 spiro atoms. The first-order valence-corrected chi connectivity index (χ1v) is 7.36.